The standard InChI is InChI=1S/C17H20ClNO2S2/c1-13-6-8-14(9-7-13)15-5-3-2-4-12-19(15)23(20,21)17-11-10-16(18)22-17/h6-11,15H,2-5,12H2,1H3. The Morgan fingerprint density at radius 2 is 1.83 bits per heavy atom. The number of thiophene rings is 1. The molecule has 23 heavy (non-hydrogen) atoms. The second-order valence-electron chi connectivity index (χ2n) is 5.95. The maximum atomic E-state index is 13.1. The number of nitrogens with zero attached hydrogens (tertiary/aromatic N) is 1. The van der Waals surface area contributed by atoms with Crippen molar-refractivity contribution < 1.29 is 8.42 Å². The molecule has 2 aromatic rings. The van der Waals surface area contributed by atoms with E-state index in [0.29, 0.717) is 15.1 Å². The molecule has 1 aromatic carbocycles. The molecule has 6 heteroatoms. The normalized spacial score (nSPS) is 20.3. The van der Waals surface area contributed by atoms with E-state index in [1.54, 1.807) is 16.4 Å². The molecule has 1 aliphatic rings. The van der Waals surface area contributed by atoms with Gasteiger partial charge in [-0.05, 0) is 37.5 Å². The van der Waals surface area contributed by atoms with Crippen LogP contribution in [0.25, 0.3) is 0 Å². The Labute approximate surface area is 147 Å². The lowest BCUT2D eigenvalue weighted by Gasteiger charge is -2.29. The van der Waals surface area contributed by atoms with Crippen LogP contribution in [0.4, 0.5) is 0 Å². The van der Waals surface area contributed by atoms with Crippen LogP contribution < -0.4 is 0 Å². The molecule has 1 unspecified atom stereocenters. The number of hydrogen-bond acceptors (Lipinski definition) is 3. The zero-order valence-electron chi connectivity index (χ0n) is 13.0. The fraction of sp³-hybridized carbons (Fsp3) is 0.412. The minimum absolute atomic E-state index is 0.0935. The molecular formula is C17H20ClNO2S2. The van der Waals surface area contributed by atoms with Crippen molar-refractivity contribution in [1.29, 1.82) is 0 Å². The quantitative estimate of drug-likeness (QED) is 0.762. The SMILES string of the molecule is Cc1ccc(C2CCCCCN2S(=O)(=O)c2ccc(Cl)s2)cc1. The third-order valence-electron chi connectivity index (χ3n) is 4.28. The van der Waals surface area contributed by atoms with E-state index in [-0.39, 0.29) is 6.04 Å². The summed E-state index contributed by atoms with van der Waals surface area (Å²) in [6.07, 6.45) is 3.89. The molecular weight excluding hydrogens is 350 g/mol. The Morgan fingerprint density at radius 3 is 2.48 bits per heavy atom. The second kappa shape index (κ2) is 6.93. The van der Waals surface area contributed by atoms with Crippen molar-refractivity contribution in [2.24, 2.45) is 0 Å². The van der Waals surface area contributed by atoms with Gasteiger partial charge in [-0.1, -0.05) is 54.3 Å². The number of benzene rings is 1. The van der Waals surface area contributed by atoms with Crippen molar-refractivity contribution in [2.45, 2.75) is 42.9 Å². The van der Waals surface area contributed by atoms with E-state index in [9.17, 15) is 8.42 Å². The Hall–Kier alpha value is -0.880. The number of halogens is 1. The van der Waals surface area contributed by atoms with E-state index in [1.165, 1.54) is 5.56 Å². The molecule has 3 rings (SSSR count). The van der Waals surface area contributed by atoms with Crippen LogP contribution in [0.3, 0.4) is 0 Å². The lowest BCUT2D eigenvalue weighted by molar-refractivity contribution is 0.329. The fourth-order valence-corrected chi connectivity index (χ4v) is 6.34. The fourth-order valence-electron chi connectivity index (χ4n) is 3.04. The number of rotatable bonds is 3. The highest BCUT2D eigenvalue weighted by atomic mass is 35.5. The molecule has 1 atom stereocenters. The molecule has 1 fully saturated rings. The van der Waals surface area contributed by atoms with Crippen molar-refractivity contribution in [1.82, 2.24) is 4.31 Å². The van der Waals surface area contributed by atoms with Crippen LogP contribution in [-0.4, -0.2) is 19.3 Å². The molecule has 1 aromatic heterocycles. The van der Waals surface area contributed by atoms with Gasteiger partial charge in [-0.15, -0.1) is 11.3 Å². The van der Waals surface area contributed by atoms with Crippen molar-refractivity contribution in [2.75, 3.05) is 6.54 Å². The minimum atomic E-state index is -3.50. The largest absolute Gasteiger partial charge is 0.253 e. The van der Waals surface area contributed by atoms with Crippen LogP contribution in [0.15, 0.2) is 40.6 Å². The second-order valence-corrected chi connectivity index (χ2v) is 9.78. The maximum Gasteiger partial charge on any atom is 0.253 e. The first kappa shape index (κ1) is 17.0. The van der Waals surface area contributed by atoms with E-state index >= 15 is 0 Å². The van der Waals surface area contributed by atoms with Crippen molar-refractivity contribution in [3.05, 3.63) is 51.9 Å². The van der Waals surface area contributed by atoms with Gasteiger partial charge in [0, 0.05) is 6.54 Å². The van der Waals surface area contributed by atoms with Crippen molar-refractivity contribution >= 4 is 33.0 Å². The van der Waals surface area contributed by atoms with Gasteiger partial charge in [-0.25, -0.2) is 8.42 Å². The third kappa shape index (κ3) is 3.63. The minimum Gasteiger partial charge on any atom is -0.206 e. The van der Waals surface area contributed by atoms with Crippen LogP contribution in [0.2, 0.25) is 4.34 Å². The highest BCUT2D eigenvalue weighted by molar-refractivity contribution is 7.91. The lowest BCUT2D eigenvalue weighted by atomic mass is 10.0. The first-order valence-corrected chi connectivity index (χ1v) is 10.5. The van der Waals surface area contributed by atoms with Crippen molar-refractivity contribution in [3.8, 4) is 0 Å². The number of hydrogen-bond donors (Lipinski definition) is 0. The summed E-state index contributed by atoms with van der Waals surface area (Å²) < 4.78 is 28.7. The number of aryl methyl sites for hydroxylation is 1. The Morgan fingerprint density at radius 1 is 1.09 bits per heavy atom. The molecule has 124 valence electrons. The Balaban J connectivity index is 2.00. The van der Waals surface area contributed by atoms with Crippen LogP contribution >= 0.6 is 22.9 Å². The molecule has 0 saturated carbocycles. The van der Waals surface area contributed by atoms with E-state index < -0.39 is 10.0 Å². The van der Waals surface area contributed by atoms with Gasteiger partial charge in [0.05, 0.1) is 10.4 Å². The first-order chi connectivity index (χ1) is 11.0. The van der Waals surface area contributed by atoms with E-state index in [2.05, 4.69) is 12.1 Å². The van der Waals surface area contributed by atoms with Gasteiger partial charge in [0.1, 0.15) is 4.21 Å². The molecule has 1 aliphatic heterocycles. The molecule has 0 aliphatic carbocycles. The van der Waals surface area contributed by atoms with Gasteiger partial charge < -0.3 is 0 Å². The number of sulfonamides is 1. The lowest BCUT2D eigenvalue weighted by Crippen LogP contribution is -2.34. The summed E-state index contributed by atoms with van der Waals surface area (Å²) in [5, 5.41) is 0. The molecule has 0 amide bonds. The van der Waals surface area contributed by atoms with E-state index in [1.807, 2.05) is 19.1 Å². The average molecular weight is 370 g/mol. The molecule has 0 spiro atoms. The summed E-state index contributed by atoms with van der Waals surface area (Å²) in [7, 11) is -3.50. The van der Waals surface area contributed by atoms with E-state index in [4.69, 9.17) is 11.6 Å². The summed E-state index contributed by atoms with van der Waals surface area (Å²) >= 11 is 7.07. The predicted molar refractivity (Wildman–Crippen MR) is 95.6 cm³/mol. The van der Waals surface area contributed by atoms with Gasteiger partial charge in [0.15, 0.2) is 0 Å². The van der Waals surface area contributed by atoms with Gasteiger partial charge in [0.2, 0.25) is 0 Å². The zero-order valence-corrected chi connectivity index (χ0v) is 15.4. The third-order valence-corrected chi connectivity index (χ3v) is 7.88. The van der Waals surface area contributed by atoms with Crippen LogP contribution in [0, 0.1) is 6.92 Å². The van der Waals surface area contributed by atoms with Crippen LogP contribution in [0.5, 0.6) is 0 Å². The summed E-state index contributed by atoms with van der Waals surface area (Å²) in [6.45, 7) is 2.61. The molecule has 1 saturated heterocycles. The van der Waals surface area contributed by atoms with Gasteiger partial charge in [-0.2, -0.15) is 4.31 Å². The predicted octanol–water partition coefficient (Wildman–Crippen LogP) is 5.02. The highest BCUT2D eigenvalue weighted by Gasteiger charge is 2.34. The summed E-state index contributed by atoms with van der Waals surface area (Å²) in [5.74, 6) is 0. The maximum absolute atomic E-state index is 13.1. The molecule has 0 radical (unpaired) electrons. The van der Waals surface area contributed by atoms with E-state index in [0.717, 1.165) is 42.6 Å². The monoisotopic (exact) mass is 369 g/mol. The Kier molecular flexibility index (Phi) is 5.11. The van der Waals surface area contributed by atoms with Crippen LogP contribution in [0.1, 0.15) is 42.9 Å². The Bertz CT molecular complexity index is 768. The molecule has 3 nitrogen and oxygen atoms in total. The first-order valence-electron chi connectivity index (χ1n) is 7.82. The molecule has 2 heterocycles. The summed E-state index contributed by atoms with van der Waals surface area (Å²) in [5.41, 5.74) is 2.26. The average Bonchev–Trinajstić information content (AvgIpc) is 2.82. The smallest absolute Gasteiger partial charge is 0.206 e. The highest BCUT2D eigenvalue weighted by Crippen LogP contribution is 2.37. The summed E-state index contributed by atoms with van der Waals surface area (Å²) in [6, 6.07) is 11.4. The van der Waals surface area contributed by atoms with Gasteiger partial charge in [-0.3, -0.25) is 0 Å². The molecule has 0 N–H and O–H groups in total. The van der Waals surface area contributed by atoms with Crippen molar-refractivity contribution in [3.63, 3.8) is 0 Å². The topological polar surface area (TPSA) is 37.4 Å². The van der Waals surface area contributed by atoms with Gasteiger partial charge >= 0.3 is 0 Å². The zero-order chi connectivity index (χ0) is 16.4. The van der Waals surface area contributed by atoms with Crippen LogP contribution in [-0.2, 0) is 10.0 Å². The molecule has 0 bridgehead atoms. The van der Waals surface area contributed by atoms with Gasteiger partial charge in [0.25, 0.3) is 10.0 Å². The summed E-state index contributed by atoms with van der Waals surface area (Å²) in [4.78, 5) is 0.